The van der Waals surface area contributed by atoms with Crippen LogP contribution in [0.3, 0.4) is 0 Å². The van der Waals surface area contributed by atoms with E-state index in [2.05, 4.69) is 55.5 Å². The maximum Gasteiger partial charge on any atom is 0.165 e. The fourth-order valence-electron chi connectivity index (χ4n) is 1.29. The Labute approximate surface area is 97.6 Å². The summed E-state index contributed by atoms with van der Waals surface area (Å²) in [7, 11) is 0. The van der Waals surface area contributed by atoms with Crippen molar-refractivity contribution in [1.29, 1.82) is 0 Å². The molecular weight excluding hydrogens is 202 g/mol. The zero-order valence-corrected chi connectivity index (χ0v) is 11.0. The molecule has 0 aliphatic heterocycles. The highest BCUT2D eigenvalue weighted by molar-refractivity contribution is 4.82. The first kappa shape index (κ1) is 13.1. The predicted molar refractivity (Wildman–Crippen MR) is 63.9 cm³/mol. The summed E-state index contributed by atoms with van der Waals surface area (Å²) in [6.07, 6.45) is 1.11. The van der Waals surface area contributed by atoms with Crippen molar-refractivity contribution in [2.24, 2.45) is 5.41 Å². The first-order valence-electron chi connectivity index (χ1n) is 5.93. The fourth-order valence-corrected chi connectivity index (χ4v) is 1.29. The van der Waals surface area contributed by atoms with Crippen LogP contribution in [0.1, 0.15) is 46.9 Å². The minimum absolute atomic E-state index is 0.238. The lowest BCUT2D eigenvalue weighted by atomic mass is 9.90. The van der Waals surface area contributed by atoms with Crippen LogP contribution in [0.4, 0.5) is 0 Å². The second kappa shape index (κ2) is 5.39. The summed E-state index contributed by atoms with van der Waals surface area (Å²) in [6.45, 7) is 12.5. The largest absolute Gasteiger partial charge is 0.308 e. The topological polar surface area (TPSA) is 55.6 Å². The summed E-state index contributed by atoms with van der Waals surface area (Å²) >= 11 is 0. The van der Waals surface area contributed by atoms with E-state index < -0.39 is 0 Å². The number of nitrogens with zero attached hydrogens (tertiary/aromatic N) is 4. The summed E-state index contributed by atoms with van der Waals surface area (Å²) in [5, 5.41) is 15.2. The van der Waals surface area contributed by atoms with Gasteiger partial charge in [0, 0.05) is 12.6 Å². The van der Waals surface area contributed by atoms with Gasteiger partial charge in [-0.25, -0.2) is 4.68 Å². The van der Waals surface area contributed by atoms with E-state index in [0.717, 1.165) is 25.3 Å². The van der Waals surface area contributed by atoms with Crippen LogP contribution < -0.4 is 5.32 Å². The Hall–Kier alpha value is -0.970. The fraction of sp³-hybridized carbons (Fsp3) is 0.909. The van der Waals surface area contributed by atoms with Crippen molar-refractivity contribution < 1.29 is 0 Å². The minimum Gasteiger partial charge on any atom is -0.308 e. The van der Waals surface area contributed by atoms with Crippen LogP contribution in [0, 0.1) is 5.41 Å². The number of aromatic nitrogens is 4. The monoisotopic (exact) mass is 225 g/mol. The molecule has 0 fully saturated rings. The lowest BCUT2D eigenvalue weighted by Gasteiger charge is -2.22. The smallest absolute Gasteiger partial charge is 0.165 e. The lowest BCUT2D eigenvalue weighted by molar-refractivity contribution is 0.271. The van der Waals surface area contributed by atoms with E-state index in [1.165, 1.54) is 0 Å². The minimum atomic E-state index is 0.238. The average molecular weight is 225 g/mol. The molecule has 1 rings (SSSR count). The molecule has 0 saturated heterocycles. The molecule has 1 N–H and O–H groups in total. The molecule has 0 saturated carbocycles. The molecule has 0 amide bonds. The molecule has 0 atom stereocenters. The molecule has 1 heterocycles. The molecule has 0 radical (unpaired) electrons. The van der Waals surface area contributed by atoms with Gasteiger partial charge in [-0.15, -0.1) is 5.10 Å². The standard InChI is InChI=1S/C11H23N5/c1-6-11(4,5)8-16-10(13-14-15-16)7-12-9(2)3/h9,12H,6-8H2,1-5H3. The van der Waals surface area contributed by atoms with Gasteiger partial charge in [-0.1, -0.05) is 34.6 Å². The molecule has 0 aromatic carbocycles. The highest BCUT2D eigenvalue weighted by Gasteiger charge is 2.18. The Bertz CT molecular complexity index is 316. The number of hydrogen-bond acceptors (Lipinski definition) is 4. The van der Waals surface area contributed by atoms with E-state index in [0.29, 0.717) is 6.04 Å². The number of nitrogens with one attached hydrogen (secondary N) is 1. The summed E-state index contributed by atoms with van der Waals surface area (Å²) < 4.78 is 1.90. The van der Waals surface area contributed by atoms with Crippen LogP contribution in [0.15, 0.2) is 0 Å². The van der Waals surface area contributed by atoms with Gasteiger partial charge in [0.25, 0.3) is 0 Å². The third-order valence-corrected chi connectivity index (χ3v) is 2.81. The van der Waals surface area contributed by atoms with Crippen LogP contribution in [-0.2, 0) is 13.1 Å². The van der Waals surface area contributed by atoms with Crippen molar-refractivity contribution in [2.75, 3.05) is 0 Å². The van der Waals surface area contributed by atoms with Crippen molar-refractivity contribution >= 4 is 0 Å². The molecule has 5 heteroatoms. The van der Waals surface area contributed by atoms with Gasteiger partial charge in [0.2, 0.25) is 0 Å². The van der Waals surface area contributed by atoms with E-state index >= 15 is 0 Å². The van der Waals surface area contributed by atoms with Gasteiger partial charge in [-0.2, -0.15) is 0 Å². The zero-order chi connectivity index (χ0) is 12.2. The van der Waals surface area contributed by atoms with Gasteiger partial charge < -0.3 is 5.32 Å². The molecule has 0 aliphatic rings. The van der Waals surface area contributed by atoms with E-state index in [-0.39, 0.29) is 5.41 Å². The molecule has 0 unspecified atom stereocenters. The number of hydrogen-bond donors (Lipinski definition) is 1. The Morgan fingerprint density at radius 3 is 2.62 bits per heavy atom. The highest BCUT2D eigenvalue weighted by Crippen LogP contribution is 2.21. The maximum absolute atomic E-state index is 4.05. The normalized spacial score (nSPS) is 12.4. The molecule has 0 spiro atoms. The lowest BCUT2D eigenvalue weighted by Crippen LogP contribution is -2.27. The van der Waals surface area contributed by atoms with Gasteiger partial charge in [-0.05, 0) is 22.3 Å². The molecular formula is C11H23N5. The molecule has 1 aromatic heterocycles. The van der Waals surface area contributed by atoms with Gasteiger partial charge in [0.15, 0.2) is 5.82 Å². The summed E-state index contributed by atoms with van der Waals surface area (Å²) in [4.78, 5) is 0. The zero-order valence-electron chi connectivity index (χ0n) is 11.0. The van der Waals surface area contributed by atoms with Crippen molar-refractivity contribution in [3.05, 3.63) is 5.82 Å². The third kappa shape index (κ3) is 3.89. The number of rotatable bonds is 6. The molecule has 16 heavy (non-hydrogen) atoms. The maximum atomic E-state index is 4.05. The molecule has 0 aliphatic carbocycles. The summed E-state index contributed by atoms with van der Waals surface area (Å²) in [5.74, 6) is 0.912. The second-order valence-corrected chi connectivity index (χ2v) is 5.31. The van der Waals surface area contributed by atoms with Crippen molar-refractivity contribution in [2.45, 2.75) is 60.2 Å². The Morgan fingerprint density at radius 1 is 1.38 bits per heavy atom. The SMILES string of the molecule is CCC(C)(C)Cn1nnnc1CNC(C)C. The van der Waals surface area contributed by atoms with Crippen LogP contribution in [-0.4, -0.2) is 26.2 Å². The van der Waals surface area contributed by atoms with Crippen LogP contribution in [0.5, 0.6) is 0 Å². The Morgan fingerprint density at radius 2 is 2.06 bits per heavy atom. The van der Waals surface area contributed by atoms with Crippen LogP contribution in [0.2, 0.25) is 0 Å². The highest BCUT2D eigenvalue weighted by atomic mass is 15.5. The Kier molecular flexibility index (Phi) is 4.41. The number of tetrazole rings is 1. The molecule has 0 bridgehead atoms. The molecule has 92 valence electrons. The van der Waals surface area contributed by atoms with Crippen LogP contribution in [0.25, 0.3) is 0 Å². The molecule has 5 nitrogen and oxygen atoms in total. The first-order valence-corrected chi connectivity index (χ1v) is 5.93. The van der Waals surface area contributed by atoms with E-state index in [1.54, 1.807) is 0 Å². The predicted octanol–water partition coefficient (Wildman–Crippen LogP) is 1.61. The Balaban J connectivity index is 2.63. The van der Waals surface area contributed by atoms with Crippen LogP contribution >= 0.6 is 0 Å². The van der Waals surface area contributed by atoms with Gasteiger partial charge in [0.1, 0.15) is 0 Å². The average Bonchev–Trinajstić information content (AvgIpc) is 2.61. The van der Waals surface area contributed by atoms with Gasteiger partial charge >= 0.3 is 0 Å². The first-order chi connectivity index (χ1) is 7.44. The van der Waals surface area contributed by atoms with E-state index in [9.17, 15) is 0 Å². The van der Waals surface area contributed by atoms with Gasteiger partial charge in [0.05, 0.1) is 6.54 Å². The molecule has 1 aromatic rings. The van der Waals surface area contributed by atoms with Crippen molar-refractivity contribution in [3.63, 3.8) is 0 Å². The van der Waals surface area contributed by atoms with E-state index in [1.807, 2.05) is 4.68 Å². The van der Waals surface area contributed by atoms with E-state index in [4.69, 9.17) is 0 Å². The summed E-state index contributed by atoms with van der Waals surface area (Å²) in [6, 6.07) is 0.448. The summed E-state index contributed by atoms with van der Waals surface area (Å²) in [5.41, 5.74) is 0.238. The third-order valence-electron chi connectivity index (χ3n) is 2.81. The second-order valence-electron chi connectivity index (χ2n) is 5.31. The van der Waals surface area contributed by atoms with Crippen molar-refractivity contribution in [1.82, 2.24) is 25.5 Å². The quantitative estimate of drug-likeness (QED) is 0.799. The van der Waals surface area contributed by atoms with Crippen molar-refractivity contribution in [3.8, 4) is 0 Å². The van der Waals surface area contributed by atoms with Gasteiger partial charge in [-0.3, -0.25) is 0 Å².